The van der Waals surface area contributed by atoms with Crippen LogP contribution in [0.3, 0.4) is 0 Å². The molecule has 1 aromatic carbocycles. The van der Waals surface area contributed by atoms with Crippen molar-refractivity contribution in [1.82, 2.24) is 0 Å². The summed E-state index contributed by atoms with van der Waals surface area (Å²) in [7, 11) is 0. The summed E-state index contributed by atoms with van der Waals surface area (Å²) in [5.41, 5.74) is 2.07. The second-order valence-electron chi connectivity index (χ2n) is 8.87. The topological polar surface area (TPSA) is 46.5 Å². The van der Waals surface area contributed by atoms with Crippen molar-refractivity contribution in [3.63, 3.8) is 0 Å². The molecule has 0 aliphatic heterocycles. The monoisotopic (exact) mass is 348 g/mol. The molecule has 0 aromatic heterocycles. The molecule has 0 heterocycles. The molecule has 0 atom stereocenters. The van der Waals surface area contributed by atoms with Gasteiger partial charge in [0.15, 0.2) is 0 Å². The number of phenols is 1. The number of hydrogen-bond acceptors (Lipinski definition) is 3. The van der Waals surface area contributed by atoms with Crippen LogP contribution in [-0.4, -0.2) is 17.2 Å². The maximum atomic E-state index is 10.5. The van der Waals surface area contributed by atoms with Crippen LogP contribution in [0, 0.1) is 5.41 Å². The number of ether oxygens (including phenoxy) is 1. The van der Waals surface area contributed by atoms with Gasteiger partial charge in [0.05, 0.1) is 0 Å². The van der Waals surface area contributed by atoms with E-state index in [4.69, 9.17) is 4.74 Å². The molecule has 0 bridgehead atoms. The minimum atomic E-state index is -0.404. The van der Waals surface area contributed by atoms with Gasteiger partial charge in [0.1, 0.15) is 11.4 Å². The van der Waals surface area contributed by atoms with Gasteiger partial charge in [-0.1, -0.05) is 45.4 Å². The summed E-state index contributed by atoms with van der Waals surface area (Å²) in [4.78, 5) is 10.5. The molecule has 0 fully saturated rings. The van der Waals surface area contributed by atoms with E-state index in [1.807, 2.05) is 32.0 Å². The normalized spacial score (nSPS) is 12.2. The van der Waals surface area contributed by atoms with Gasteiger partial charge in [-0.25, -0.2) is 0 Å². The van der Waals surface area contributed by atoms with Gasteiger partial charge < -0.3 is 9.84 Å². The van der Waals surface area contributed by atoms with E-state index in [2.05, 4.69) is 20.8 Å². The highest BCUT2D eigenvalue weighted by atomic mass is 16.5. The quantitative estimate of drug-likeness (QED) is 0.405. The fraction of sp³-hybridized carbons (Fsp3) is 0.682. The zero-order valence-corrected chi connectivity index (χ0v) is 16.7. The Kier molecular flexibility index (Phi) is 8.47. The van der Waals surface area contributed by atoms with Crippen molar-refractivity contribution < 1.29 is 14.6 Å². The SMILES string of the molecule is CC(C)(C)CCCCc1cccc(CCCCC(C)(C)OC=O)c1O. The van der Waals surface area contributed by atoms with Crippen LogP contribution in [0.15, 0.2) is 18.2 Å². The lowest BCUT2D eigenvalue weighted by molar-refractivity contribution is -0.140. The van der Waals surface area contributed by atoms with E-state index in [-0.39, 0.29) is 0 Å². The maximum Gasteiger partial charge on any atom is 0.293 e. The third-order valence-electron chi connectivity index (χ3n) is 4.67. The molecule has 1 aromatic rings. The van der Waals surface area contributed by atoms with E-state index < -0.39 is 5.60 Å². The number of unbranched alkanes of at least 4 members (excludes halogenated alkanes) is 2. The maximum absolute atomic E-state index is 10.5. The average Bonchev–Trinajstić information content (AvgIpc) is 2.49. The van der Waals surface area contributed by atoms with Gasteiger partial charge in [-0.05, 0) is 75.3 Å². The van der Waals surface area contributed by atoms with Crippen molar-refractivity contribution in [2.24, 2.45) is 5.41 Å². The number of rotatable bonds is 11. The van der Waals surface area contributed by atoms with Gasteiger partial charge in [-0.2, -0.15) is 0 Å². The third-order valence-corrected chi connectivity index (χ3v) is 4.67. The lowest BCUT2D eigenvalue weighted by Gasteiger charge is -2.22. The number of benzene rings is 1. The minimum absolute atomic E-state index is 0.380. The predicted molar refractivity (Wildman–Crippen MR) is 104 cm³/mol. The van der Waals surface area contributed by atoms with Gasteiger partial charge in [0.25, 0.3) is 6.47 Å². The zero-order chi connectivity index (χ0) is 18.9. The third kappa shape index (κ3) is 8.94. The minimum Gasteiger partial charge on any atom is -0.507 e. The highest BCUT2D eigenvalue weighted by Gasteiger charge is 2.18. The van der Waals surface area contributed by atoms with E-state index in [9.17, 15) is 9.90 Å². The molecule has 25 heavy (non-hydrogen) atoms. The summed E-state index contributed by atoms with van der Waals surface area (Å²) in [6.07, 6.45) is 8.10. The van der Waals surface area contributed by atoms with Crippen LogP contribution < -0.4 is 0 Å². The molecule has 0 amide bonds. The van der Waals surface area contributed by atoms with Crippen molar-refractivity contribution in [2.75, 3.05) is 0 Å². The van der Waals surface area contributed by atoms with Gasteiger partial charge in [0.2, 0.25) is 0 Å². The molecule has 0 aliphatic carbocycles. The van der Waals surface area contributed by atoms with Crippen LogP contribution in [0.25, 0.3) is 0 Å². The summed E-state index contributed by atoms with van der Waals surface area (Å²) in [5, 5.41) is 10.5. The van der Waals surface area contributed by atoms with E-state index in [1.54, 1.807) is 0 Å². The molecule has 142 valence electrons. The highest BCUT2D eigenvalue weighted by molar-refractivity contribution is 5.40. The first-order valence-corrected chi connectivity index (χ1v) is 9.56. The first kappa shape index (κ1) is 21.5. The molecule has 1 N–H and O–H groups in total. The predicted octanol–water partition coefficient (Wildman–Crippen LogP) is 5.82. The summed E-state index contributed by atoms with van der Waals surface area (Å²) in [5.74, 6) is 0.474. The molecule has 0 radical (unpaired) electrons. The van der Waals surface area contributed by atoms with E-state index >= 15 is 0 Å². The molecule has 3 nitrogen and oxygen atoms in total. The number of carbonyl (C=O) groups excluding carboxylic acids is 1. The first-order valence-electron chi connectivity index (χ1n) is 9.56. The van der Waals surface area contributed by atoms with Crippen LogP contribution in [0.4, 0.5) is 0 Å². The number of para-hydroxylation sites is 1. The molecule has 1 rings (SSSR count). The second-order valence-corrected chi connectivity index (χ2v) is 8.87. The molecule has 0 saturated carbocycles. The Morgan fingerprint density at radius 1 is 0.920 bits per heavy atom. The van der Waals surface area contributed by atoms with Gasteiger partial charge in [0, 0.05) is 0 Å². The van der Waals surface area contributed by atoms with Gasteiger partial charge in [-0.3, -0.25) is 4.79 Å². The number of aryl methyl sites for hydroxylation is 2. The van der Waals surface area contributed by atoms with Crippen molar-refractivity contribution in [1.29, 1.82) is 0 Å². The molecular weight excluding hydrogens is 312 g/mol. The molecule has 3 heteroatoms. The standard InChI is InChI=1S/C22H36O3/c1-21(2,3)15-8-6-11-18-13-10-14-19(20(18)24)12-7-9-16-22(4,5)25-17-23/h10,13-14,17,24H,6-9,11-12,15-16H2,1-5H3. The van der Waals surface area contributed by atoms with Crippen LogP contribution >= 0.6 is 0 Å². The van der Waals surface area contributed by atoms with Crippen molar-refractivity contribution >= 4 is 6.47 Å². The fourth-order valence-corrected chi connectivity index (χ4v) is 3.07. The average molecular weight is 349 g/mol. The van der Waals surface area contributed by atoms with Crippen LogP contribution in [0.5, 0.6) is 5.75 Å². The Morgan fingerprint density at radius 2 is 1.44 bits per heavy atom. The number of aromatic hydroxyl groups is 1. The molecule has 0 saturated heterocycles. The smallest absolute Gasteiger partial charge is 0.293 e. The van der Waals surface area contributed by atoms with Gasteiger partial charge in [-0.15, -0.1) is 0 Å². The van der Waals surface area contributed by atoms with E-state index in [0.29, 0.717) is 17.6 Å². The van der Waals surface area contributed by atoms with Crippen molar-refractivity contribution in [2.45, 2.75) is 91.6 Å². The largest absolute Gasteiger partial charge is 0.507 e. The highest BCUT2D eigenvalue weighted by Crippen LogP contribution is 2.28. The Bertz CT molecular complexity index is 527. The van der Waals surface area contributed by atoms with Gasteiger partial charge >= 0.3 is 0 Å². The number of hydrogen-bond donors (Lipinski definition) is 1. The van der Waals surface area contributed by atoms with Crippen LogP contribution in [-0.2, 0) is 22.4 Å². The zero-order valence-electron chi connectivity index (χ0n) is 16.7. The number of phenolic OH excluding ortho intramolecular Hbond substituents is 1. The lowest BCUT2D eigenvalue weighted by Crippen LogP contribution is -2.23. The number of carbonyl (C=O) groups is 1. The molecule has 0 spiro atoms. The fourth-order valence-electron chi connectivity index (χ4n) is 3.07. The molecule has 0 unspecified atom stereocenters. The Hall–Kier alpha value is -1.51. The van der Waals surface area contributed by atoms with Crippen molar-refractivity contribution in [3.8, 4) is 5.75 Å². The summed E-state index contributed by atoms with van der Waals surface area (Å²) in [6, 6.07) is 6.10. The Balaban J connectivity index is 2.44. The molecule has 0 aliphatic rings. The molecular formula is C22H36O3. The van der Waals surface area contributed by atoms with E-state index in [0.717, 1.165) is 49.7 Å². The second kappa shape index (κ2) is 9.84. The van der Waals surface area contributed by atoms with Crippen LogP contribution in [0.2, 0.25) is 0 Å². The first-order chi connectivity index (χ1) is 11.6. The summed E-state index contributed by atoms with van der Waals surface area (Å²) in [6.45, 7) is 11.2. The summed E-state index contributed by atoms with van der Waals surface area (Å²) < 4.78 is 5.07. The van der Waals surface area contributed by atoms with E-state index in [1.165, 1.54) is 12.8 Å². The summed E-state index contributed by atoms with van der Waals surface area (Å²) >= 11 is 0. The Morgan fingerprint density at radius 3 is 1.92 bits per heavy atom. The van der Waals surface area contributed by atoms with Crippen molar-refractivity contribution in [3.05, 3.63) is 29.3 Å². The van der Waals surface area contributed by atoms with Crippen LogP contribution in [0.1, 0.15) is 84.3 Å². The Labute approximate surface area is 153 Å². The lowest BCUT2D eigenvalue weighted by atomic mass is 9.89.